The zero-order chi connectivity index (χ0) is 12.0. The van der Waals surface area contributed by atoms with E-state index < -0.39 is 0 Å². The summed E-state index contributed by atoms with van der Waals surface area (Å²) in [5.41, 5.74) is 0.791. The molecule has 0 amide bonds. The summed E-state index contributed by atoms with van der Waals surface area (Å²) >= 11 is 0. The van der Waals surface area contributed by atoms with Crippen LogP contribution in [0.2, 0.25) is 0 Å². The molecular weight excluding hydrogens is 212 g/mol. The highest BCUT2D eigenvalue weighted by Crippen LogP contribution is 2.77. The van der Waals surface area contributed by atoms with Crippen LogP contribution < -0.4 is 0 Å². The smallest absolute Gasteiger partial charge is 0.313 e. The lowest BCUT2D eigenvalue weighted by atomic mass is 9.76. The van der Waals surface area contributed by atoms with Gasteiger partial charge in [-0.05, 0) is 50.0 Å². The average Bonchev–Trinajstić information content (AvgIpc) is 2.71. The van der Waals surface area contributed by atoms with Gasteiger partial charge in [0.05, 0.1) is 5.41 Å². The quantitative estimate of drug-likeness (QED) is 0.474. The standard InChI is InChI=1S/C15H20O2/c1-8-4-6-11-12-14(11,3)13(16)17-15(12)9(2)5-7-10(8)15/h8,10-12H,2,4-7H2,1,3H3/t8-,10-,11-,12+,14-,15+/m0/s1. The van der Waals surface area contributed by atoms with Crippen molar-refractivity contribution >= 4 is 5.97 Å². The predicted molar refractivity (Wildman–Crippen MR) is 64.2 cm³/mol. The van der Waals surface area contributed by atoms with Crippen LogP contribution in [-0.2, 0) is 9.53 Å². The van der Waals surface area contributed by atoms with Crippen LogP contribution >= 0.6 is 0 Å². The third kappa shape index (κ3) is 0.840. The number of ether oxygens (including phenoxy) is 1. The second-order valence-corrected chi connectivity index (χ2v) is 6.85. The third-order valence-corrected chi connectivity index (χ3v) is 6.35. The van der Waals surface area contributed by atoms with Crippen molar-refractivity contribution in [1.82, 2.24) is 0 Å². The third-order valence-electron chi connectivity index (χ3n) is 6.35. The maximum absolute atomic E-state index is 12.2. The van der Waals surface area contributed by atoms with Crippen molar-refractivity contribution in [3.63, 3.8) is 0 Å². The number of hydrogen-bond acceptors (Lipinski definition) is 2. The van der Waals surface area contributed by atoms with Gasteiger partial charge in [0.2, 0.25) is 0 Å². The SMILES string of the molecule is C=C1CC[C@H]2[C@@H](C)CC[C@H]3[C@@H]4[C@@]3(C)C(=O)O[C@@]142. The van der Waals surface area contributed by atoms with E-state index in [4.69, 9.17) is 4.74 Å². The molecule has 0 aromatic carbocycles. The van der Waals surface area contributed by atoms with Gasteiger partial charge in [-0.15, -0.1) is 0 Å². The molecule has 2 nitrogen and oxygen atoms in total. The fourth-order valence-corrected chi connectivity index (χ4v) is 5.37. The molecule has 0 N–H and O–H groups in total. The lowest BCUT2D eigenvalue weighted by Crippen LogP contribution is -2.41. The van der Waals surface area contributed by atoms with Crippen LogP contribution in [0.5, 0.6) is 0 Å². The minimum atomic E-state index is -0.258. The van der Waals surface area contributed by atoms with Crippen molar-refractivity contribution in [1.29, 1.82) is 0 Å². The van der Waals surface area contributed by atoms with Crippen molar-refractivity contribution in [3.8, 4) is 0 Å². The van der Waals surface area contributed by atoms with E-state index in [0.717, 1.165) is 6.42 Å². The minimum Gasteiger partial charge on any atom is -0.453 e. The molecule has 0 unspecified atom stereocenters. The highest BCUT2D eigenvalue weighted by molar-refractivity contribution is 5.86. The second kappa shape index (κ2) is 2.62. The summed E-state index contributed by atoms with van der Waals surface area (Å²) in [5, 5.41) is 0. The van der Waals surface area contributed by atoms with Crippen molar-refractivity contribution in [2.24, 2.45) is 29.1 Å². The molecule has 17 heavy (non-hydrogen) atoms. The molecule has 0 aromatic rings. The fourth-order valence-electron chi connectivity index (χ4n) is 5.37. The van der Waals surface area contributed by atoms with Gasteiger partial charge in [0.25, 0.3) is 0 Å². The maximum atomic E-state index is 12.2. The van der Waals surface area contributed by atoms with Crippen LogP contribution in [0, 0.1) is 29.1 Å². The average molecular weight is 232 g/mol. The molecule has 6 atom stereocenters. The van der Waals surface area contributed by atoms with Crippen LogP contribution in [0.15, 0.2) is 12.2 Å². The molecule has 3 aliphatic carbocycles. The molecule has 4 aliphatic rings. The minimum absolute atomic E-state index is 0.0645. The van der Waals surface area contributed by atoms with Crippen molar-refractivity contribution in [2.75, 3.05) is 0 Å². The van der Waals surface area contributed by atoms with Crippen LogP contribution in [0.4, 0.5) is 0 Å². The Morgan fingerprint density at radius 2 is 2.06 bits per heavy atom. The van der Waals surface area contributed by atoms with Gasteiger partial charge in [0.1, 0.15) is 5.60 Å². The molecule has 1 saturated heterocycles. The van der Waals surface area contributed by atoms with Gasteiger partial charge in [-0.2, -0.15) is 0 Å². The van der Waals surface area contributed by atoms with Gasteiger partial charge >= 0.3 is 5.97 Å². The molecule has 0 radical (unpaired) electrons. The molecule has 2 heteroatoms. The summed E-state index contributed by atoms with van der Waals surface area (Å²) in [6.45, 7) is 8.71. The second-order valence-electron chi connectivity index (χ2n) is 6.85. The highest BCUT2D eigenvalue weighted by atomic mass is 16.6. The molecule has 0 aromatic heterocycles. The van der Waals surface area contributed by atoms with Crippen LogP contribution in [0.25, 0.3) is 0 Å². The Labute approximate surface area is 102 Å². The number of rotatable bonds is 0. The molecule has 0 bridgehead atoms. The Bertz CT molecular complexity index is 440. The molecule has 3 saturated carbocycles. The van der Waals surface area contributed by atoms with Gasteiger partial charge < -0.3 is 4.74 Å². The Morgan fingerprint density at radius 1 is 1.29 bits per heavy atom. The molecule has 1 spiro atoms. The van der Waals surface area contributed by atoms with E-state index >= 15 is 0 Å². The van der Waals surface area contributed by atoms with E-state index in [-0.39, 0.29) is 17.0 Å². The lowest BCUT2D eigenvalue weighted by Gasteiger charge is -2.35. The Kier molecular flexibility index (Phi) is 1.57. The van der Waals surface area contributed by atoms with E-state index in [2.05, 4.69) is 20.4 Å². The normalized spacial score (nSPS) is 59.4. The number of carbonyl (C=O) groups is 1. The molecule has 4 rings (SSSR count). The maximum Gasteiger partial charge on any atom is 0.313 e. The van der Waals surface area contributed by atoms with E-state index in [1.807, 2.05) is 0 Å². The van der Waals surface area contributed by atoms with Gasteiger partial charge in [0.15, 0.2) is 0 Å². The number of hydrogen-bond donors (Lipinski definition) is 0. The lowest BCUT2D eigenvalue weighted by molar-refractivity contribution is -0.157. The first-order valence-corrected chi connectivity index (χ1v) is 6.94. The predicted octanol–water partition coefficient (Wildman–Crippen LogP) is 2.93. The fraction of sp³-hybridized carbons (Fsp3) is 0.800. The largest absolute Gasteiger partial charge is 0.453 e. The Hall–Kier alpha value is -0.790. The summed E-state index contributed by atoms with van der Waals surface area (Å²) in [5.74, 6) is 2.31. The molecule has 92 valence electrons. The van der Waals surface area contributed by atoms with Gasteiger partial charge in [0, 0.05) is 11.8 Å². The summed E-state index contributed by atoms with van der Waals surface area (Å²) in [7, 11) is 0. The summed E-state index contributed by atoms with van der Waals surface area (Å²) < 4.78 is 5.93. The number of fused-ring (bicyclic) bond motifs is 1. The van der Waals surface area contributed by atoms with Crippen molar-refractivity contribution < 1.29 is 9.53 Å². The number of esters is 1. The topological polar surface area (TPSA) is 26.3 Å². The zero-order valence-electron chi connectivity index (χ0n) is 10.7. The van der Waals surface area contributed by atoms with Crippen LogP contribution in [0.1, 0.15) is 39.5 Å². The van der Waals surface area contributed by atoms with Gasteiger partial charge in [-0.1, -0.05) is 13.5 Å². The van der Waals surface area contributed by atoms with Crippen molar-refractivity contribution in [3.05, 3.63) is 12.2 Å². The van der Waals surface area contributed by atoms with Crippen LogP contribution in [-0.4, -0.2) is 11.6 Å². The number of carbonyl (C=O) groups excluding carboxylic acids is 1. The highest BCUT2D eigenvalue weighted by Gasteiger charge is 2.83. The van der Waals surface area contributed by atoms with Crippen molar-refractivity contribution in [2.45, 2.75) is 45.1 Å². The first kappa shape index (κ1) is 10.2. The van der Waals surface area contributed by atoms with E-state index in [0.29, 0.717) is 23.7 Å². The first-order chi connectivity index (χ1) is 8.03. The zero-order valence-corrected chi connectivity index (χ0v) is 10.7. The Balaban J connectivity index is 1.90. The first-order valence-electron chi connectivity index (χ1n) is 6.94. The molecule has 1 aliphatic heterocycles. The molecule has 1 heterocycles. The van der Waals surface area contributed by atoms with Gasteiger partial charge in [-0.3, -0.25) is 4.79 Å². The monoisotopic (exact) mass is 232 g/mol. The summed E-state index contributed by atoms with van der Waals surface area (Å²) in [6, 6.07) is 0. The van der Waals surface area contributed by atoms with E-state index in [1.54, 1.807) is 0 Å². The Morgan fingerprint density at radius 3 is 2.82 bits per heavy atom. The van der Waals surface area contributed by atoms with E-state index in [9.17, 15) is 4.79 Å². The van der Waals surface area contributed by atoms with E-state index in [1.165, 1.54) is 24.8 Å². The van der Waals surface area contributed by atoms with Crippen LogP contribution in [0.3, 0.4) is 0 Å². The molecular formula is C15H20O2. The summed E-state index contributed by atoms with van der Waals surface area (Å²) in [6.07, 6.45) is 4.70. The molecule has 4 fully saturated rings. The summed E-state index contributed by atoms with van der Waals surface area (Å²) in [4.78, 5) is 12.2. The van der Waals surface area contributed by atoms with Gasteiger partial charge in [-0.25, -0.2) is 0 Å².